The van der Waals surface area contributed by atoms with E-state index >= 15 is 0 Å². The van der Waals surface area contributed by atoms with Crippen molar-refractivity contribution >= 4 is 11.8 Å². The number of aliphatic hydroxyl groups excluding tert-OH is 1. The van der Waals surface area contributed by atoms with Crippen LogP contribution in [0.15, 0.2) is 0 Å². The first-order valence-electron chi connectivity index (χ1n) is 14.8. The van der Waals surface area contributed by atoms with Gasteiger partial charge in [-0.25, -0.2) is 0 Å². The molecule has 1 spiro atoms. The number of epoxide rings is 1. The Labute approximate surface area is 223 Å². The van der Waals surface area contributed by atoms with E-state index in [9.17, 15) is 19.8 Å². The summed E-state index contributed by atoms with van der Waals surface area (Å²) in [5, 5.41) is 22.6. The highest BCUT2D eigenvalue weighted by molar-refractivity contribution is 5.79. The second-order valence-electron chi connectivity index (χ2n) is 14.9. The Balaban J connectivity index is 1.48. The van der Waals surface area contributed by atoms with Crippen LogP contribution in [0.25, 0.3) is 0 Å². The number of aliphatic hydroxyl groups is 2. The third-order valence-electron chi connectivity index (χ3n) is 13.2. The lowest BCUT2D eigenvalue weighted by molar-refractivity contribution is -0.153. The minimum atomic E-state index is -0.960. The van der Waals surface area contributed by atoms with Gasteiger partial charge in [0, 0.05) is 18.3 Å². The Hall–Kier alpha value is -0.980. The summed E-state index contributed by atoms with van der Waals surface area (Å²) in [5.74, 6) is 1.08. The molecule has 6 nitrogen and oxygen atoms in total. The van der Waals surface area contributed by atoms with Crippen LogP contribution in [0, 0.1) is 52.3 Å². The lowest BCUT2D eigenvalue weighted by Crippen LogP contribution is -2.57. The van der Waals surface area contributed by atoms with Gasteiger partial charge in [0.2, 0.25) is 0 Å². The zero-order chi connectivity index (χ0) is 27.3. The number of hydrogen-bond donors (Lipinski definition) is 2. The molecular formula is C31H50O6. The number of carbonyl (C=O) groups is 2. The van der Waals surface area contributed by atoms with E-state index in [1.165, 1.54) is 7.11 Å². The van der Waals surface area contributed by atoms with Crippen molar-refractivity contribution in [3.63, 3.8) is 0 Å². The molecule has 0 aromatic carbocycles. The predicted octanol–water partition coefficient (Wildman–Crippen LogP) is 4.93. The number of carbonyl (C=O) groups excluding carboxylic acids is 2. The van der Waals surface area contributed by atoms with Crippen molar-refractivity contribution in [2.24, 2.45) is 52.3 Å². The third-order valence-corrected chi connectivity index (χ3v) is 13.2. The molecule has 2 N–H and O–H groups in total. The summed E-state index contributed by atoms with van der Waals surface area (Å²) in [4.78, 5) is 25.6. The lowest BCUT2D eigenvalue weighted by Gasteiger charge is -2.60. The van der Waals surface area contributed by atoms with E-state index in [0.29, 0.717) is 42.3 Å². The van der Waals surface area contributed by atoms with Crippen molar-refractivity contribution in [1.82, 2.24) is 0 Å². The summed E-state index contributed by atoms with van der Waals surface area (Å²) in [7, 11) is 1.42. The lowest BCUT2D eigenvalue weighted by atomic mass is 9.44. The fourth-order valence-corrected chi connectivity index (χ4v) is 10.7. The van der Waals surface area contributed by atoms with Crippen molar-refractivity contribution in [3.8, 4) is 0 Å². The van der Waals surface area contributed by atoms with Crippen molar-refractivity contribution in [2.75, 3.05) is 7.11 Å². The van der Waals surface area contributed by atoms with Crippen molar-refractivity contribution < 1.29 is 29.3 Å². The first kappa shape index (κ1) is 27.6. The van der Waals surface area contributed by atoms with Gasteiger partial charge in [0.25, 0.3) is 0 Å². The van der Waals surface area contributed by atoms with Crippen LogP contribution in [-0.2, 0) is 19.1 Å². The maximum absolute atomic E-state index is 13.3. The van der Waals surface area contributed by atoms with Gasteiger partial charge in [-0.2, -0.15) is 0 Å². The van der Waals surface area contributed by atoms with Crippen LogP contribution in [0.1, 0.15) is 99.8 Å². The average molecular weight is 519 g/mol. The minimum Gasteiger partial charge on any atom is -0.469 e. The maximum Gasteiger partial charge on any atom is 0.311 e. The van der Waals surface area contributed by atoms with E-state index in [0.717, 1.165) is 38.5 Å². The van der Waals surface area contributed by atoms with Gasteiger partial charge in [-0.15, -0.1) is 0 Å². The topological polar surface area (TPSA) is 96.4 Å². The molecule has 12 atom stereocenters. The van der Waals surface area contributed by atoms with Crippen LogP contribution < -0.4 is 0 Å². The van der Waals surface area contributed by atoms with Gasteiger partial charge in [-0.05, 0) is 100 Å². The number of fused-ring (bicyclic) bond motifs is 6. The van der Waals surface area contributed by atoms with E-state index in [-0.39, 0.29) is 28.6 Å². The van der Waals surface area contributed by atoms with Gasteiger partial charge in [-0.1, -0.05) is 27.7 Å². The van der Waals surface area contributed by atoms with E-state index in [1.807, 2.05) is 20.8 Å². The summed E-state index contributed by atoms with van der Waals surface area (Å²) in [6.07, 6.45) is 6.79. The van der Waals surface area contributed by atoms with Gasteiger partial charge < -0.3 is 19.7 Å². The predicted molar refractivity (Wildman–Crippen MR) is 140 cm³/mol. The molecule has 5 fully saturated rings. The average Bonchev–Trinajstić information content (AvgIpc) is 3.40. The highest BCUT2D eigenvalue weighted by Crippen LogP contribution is 2.77. The smallest absolute Gasteiger partial charge is 0.311 e. The second-order valence-corrected chi connectivity index (χ2v) is 14.9. The Kier molecular flexibility index (Phi) is 6.34. The van der Waals surface area contributed by atoms with Gasteiger partial charge in [0.05, 0.1) is 24.7 Å². The molecule has 5 aliphatic rings. The number of Topliss-reactive ketones (excluding diaryl/α,β-unsaturated/α-hetero) is 1. The van der Waals surface area contributed by atoms with Gasteiger partial charge >= 0.3 is 5.97 Å². The molecule has 6 heteroatoms. The van der Waals surface area contributed by atoms with E-state index < -0.39 is 28.8 Å². The molecule has 5 rings (SSSR count). The number of rotatable bonds is 5. The van der Waals surface area contributed by atoms with Crippen molar-refractivity contribution in [1.29, 1.82) is 0 Å². The minimum absolute atomic E-state index is 0.170. The zero-order valence-electron chi connectivity index (χ0n) is 24.3. The summed E-state index contributed by atoms with van der Waals surface area (Å²) in [5.41, 5.74) is -2.63. The normalized spacial score (nSPS) is 49.5. The molecule has 4 aliphatic carbocycles. The van der Waals surface area contributed by atoms with E-state index in [2.05, 4.69) is 13.8 Å². The number of hydrogen-bond acceptors (Lipinski definition) is 6. The fraction of sp³-hybridized carbons (Fsp3) is 0.935. The van der Waals surface area contributed by atoms with E-state index in [1.54, 1.807) is 13.8 Å². The van der Waals surface area contributed by atoms with Gasteiger partial charge in [0.15, 0.2) is 0 Å². The maximum atomic E-state index is 13.3. The van der Waals surface area contributed by atoms with Gasteiger partial charge in [0.1, 0.15) is 17.0 Å². The van der Waals surface area contributed by atoms with Crippen molar-refractivity contribution in [2.45, 2.75) is 123 Å². The number of ether oxygens (including phenoxy) is 2. The van der Waals surface area contributed by atoms with Gasteiger partial charge in [-0.3, -0.25) is 9.59 Å². The molecule has 7 unspecified atom stereocenters. The fourth-order valence-electron chi connectivity index (χ4n) is 10.7. The Morgan fingerprint density at radius 3 is 2.41 bits per heavy atom. The molecule has 210 valence electrons. The molecule has 1 aliphatic heterocycles. The standard InChI is InChI=1S/C31H50O6/c1-17(18(2)27(3,4)35)25(26(34)36-8)30(7)31(37-30)24(33)16-23-21-10-9-19-15-20(32)11-13-28(19,5)22(21)12-14-29(23,31)6/h17-19,21-25,33,35H,9-16H2,1-8H3/t17-,18-,19?,21?,22?,23?,24?,25?,28-,29-,30-,31?/m0/s1. The molecule has 4 saturated carbocycles. The molecule has 0 aromatic rings. The zero-order valence-corrected chi connectivity index (χ0v) is 24.3. The molecule has 0 bridgehead atoms. The molecule has 0 amide bonds. The molecule has 0 aromatic heterocycles. The van der Waals surface area contributed by atoms with E-state index in [4.69, 9.17) is 9.47 Å². The number of ketones is 1. The first-order chi connectivity index (χ1) is 17.1. The van der Waals surface area contributed by atoms with Crippen LogP contribution >= 0.6 is 0 Å². The molecule has 37 heavy (non-hydrogen) atoms. The summed E-state index contributed by atoms with van der Waals surface area (Å²) in [6, 6.07) is 0. The summed E-state index contributed by atoms with van der Waals surface area (Å²) >= 11 is 0. The van der Waals surface area contributed by atoms with Crippen LogP contribution in [-0.4, -0.2) is 52.0 Å². The number of methoxy groups -OCH3 is 1. The molecule has 1 saturated heterocycles. The Bertz CT molecular complexity index is 956. The highest BCUT2D eigenvalue weighted by atomic mass is 16.6. The van der Waals surface area contributed by atoms with Crippen LogP contribution in [0.3, 0.4) is 0 Å². The van der Waals surface area contributed by atoms with Crippen LogP contribution in [0.4, 0.5) is 0 Å². The summed E-state index contributed by atoms with van der Waals surface area (Å²) < 4.78 is 12.1. The summed E-state index contributed by atoms with van der Waals surface area (Å²) in [6.45, 7) is 14.3. The molecule has 0 radical (unpaired) electrons. The van der Waals surface area contributed by atoms with Crippen LogP contribution in [0.2, 0.25) is 0 Å². The van der Waals surface area contributed by atoms with Crippen molar-refractivity contribution in [3.05, 3.63) is 0 Å². The quantitative estimate of drug-likeness (QED) is 0.396. The Morgan fingerprint density at radius 1 is 1.11 bits per heavy atom. The van der Waals surface area contributed by atoms with Crippen LogP contribution in [0.5, 0.6) is 0 Å². The highest BCUT2D eigenvalue weighted by Gasteiger charge is 2.86. The second kappa shape index (κ2) is 8.51. The first-order valence-corrected chi connectivity index (χ1v) is 14.8. The number of esters is 1. The monoisotopic (exact) mass is 518 g/mol. The largest absolute Gasteiger partial charge is 0.469 e. The third kappa shape index (κ3) is 3.53. The molecular weight excluding hydrogens is 468 g/mol. The SMILES string of the molecule is COC(=O)C([C@@H](C)[C@H](C)C(C)(C)O)[C@]1(C)OC12C(O)CC1C3CCC4CC(=O)CC[C@]4(C)C3CC[C@@]12C. The molecule has 1 heterocycles. The Morgan fingerprint density at radius 2 is 1.78 bits per heavy atom.